The lowest BCUT2D eigenvalue weighted by Crippen LogP contribution is -2.27. The normalized spacial score (nSPS) is 14.6. The first kappa shape index (κ1) is 17.6. The maximum Gasteiger partial charge on any atom is 0.180 e. The molecule has 0 aliphatic carbocycles. The highest BCUT2D eigenvalue weighted by Gasteiger charge is 2.22. The van der Waals surface area contributed by atoms with Gasteiger partial charge in [0.15, 0.2) is 5.82 Å². The molecule has 0 spiro atoms. The Bertz CT molecular complexity index is 904. The number of rotatable bonds is 6. The second-order valence-corrected chi connectivity index (χ2v) is 6.84. The van der Waals surface area contributed by atoms with E-state index in [1.54, 1.807) is 6.20 Å². The third-order valence-corrected chi connectivity index (χ3v) is 4.89. The number of anilines is 1. The van der Waals surface area contributed by atoms with Gasteiger partial charge in [-0.25, -0.2) is 15.0 Å². The van der Waals surface area contributed by atoms with Crippen molar-refractivity contribution in [2.45, 2.75) is 38.8 Å². The first-order valence-electron chi connectivity index (χ1n) is 9.52. The third kappa shape index (κ3) is 3.68. The van der Waals surface area contributed by atoms with Crippen molar-refractivity contribution in [3.05, 3.63) is 53.9 Å². The smallest absolute Gasteiger partial charge is 0.180 e. The van der Waals surface area contributed by atoms with Gasteiger partial charge in [0.05, 0.1) is 11.7 Å². The van der Waals surface area contributed by atoms with E-state index < -0.39 is 0 Å². The van der Waals surface area contributed by atoms with Crippen LogP contribution in [0.1, 0.15) is 42.9 Å². The van der Waals surface area contributed by atoms with Crippen LogP contribution in [-0.4, -0.2) is 31.0 Å². The van der Waals surface area contributed by atoms with Crippen molar-refractivity contribution < 1.29 is 0 Å². The third-order valence-electron chi connectivity index (χ3n) is 4.89. The predicted octanol–water partition coefficient (Wildman–Crippen LogP) is 2.87. The Hall–Kier alpha value is -2.80. The molecule has 2 N–H and O–H groups in total. The minimum Gasteiger partial charge on any atom is -0.360 e. The van der Waals surface area contributed by atoms with Crippen molar-refractivity contribution in [1.29, 1.82) is 0 Å². The number of aromatic nitrogens is 5. The van der Waals surface area contributed by atoms with Gasteiger partial charge in [0.2, 0.25) is 0 Å². The summed E-state index contributed by atoms with van der Waals surface area (Å²) in [5.41, 5.74) is 3.04. The second-order valence-electron chi connectivity index (χ2n) is 6.84. The van der Waals surface area contributed by atoms with Crippen LogP contribution >= 0.6 is 0 Å². The minimum atomic E-state index is 0.112. The van der Waals surface area contributed by atoms with Crippen LogP contribution in [0, 0.1) is 0 Å². The SMILES string of the molecule is CCC[C@H](Nc1nc(-c2ccccn2)nc2c1CCNC2)c1nccn1C. The number of imidazole rings is 1. The van der Waals surface area contributed by atoms with E-state index in [1.807, 2.05) is 37.6 Å². The molecule has 0 amide bonds. The maximum atomic E-state index is 4.87. The summed E-state index contributed by atoms with van der Waals surface area (Å²) in [6, 6.07) is 5.93. The summed E-state index contributed by atoms with van der Waals surface area (Å²) >= 11 is 0. The molecule has 4 heterocycles. The summed E-state index contributed by atoms with van der Waals surface area (Å²) < 4.78 is 2.07. The van der Waals surface area contributed by atoms with E-state index in [4.69, 9.17) is 9.97 Å². The molecule has 27 heavy (non-hydrogen) atoms. The van der Waals surface area contributed by atoms with Crippen molar-refractivity contribution in [1.82, 2.24) is 29.8 Å². The summed E-state index contributed by atoms with van der Waals surface area (Å²) in [5.74, 6) is 2.59. The van der Waals surface area contributed by atoms with Crippen molar-refractivity contribution in [2.75, 3.05) is 11.9 Å². The van der Waals surface area contributed by atoms with Crippen LogP contribution in [0.25, 0.3) is 11.5 Å². The topological polar surface area (TPSA) is 80.6 Å². The lowest BCUT2D eigenvalue weighted by molar-refractivity contribution is 0.599. The number of hydrogen-bond acceptors (Lipinski definition) is 6. The molecule has 140 valence electrons. The molecule has 3 aromatic heterocycles. The zero-order valence-corrected chi connectivity index (χ0v) is 15.8. The van der Waals surface area contributed by atoms with E-state index in [0.29, 0.717) is 5.82 Å². The molecule has 0 bridgehead atoms. The average molecular weight is 363 g/mol. The average Bonchev–Trinajstić information content (AvgIpc) is 3.14. The number of nitrogens with zero attached hydrogens (tertiary/aromatic N) is 5. The fourth-order valence-corrected chi connectivity index (χ4v) is 3.52. The van der Waals surface area contributed by atoms with Gasteiger partial charge in [-0.3, -0.25) is 4.98 Å². The van der Waals surface area contributed by atoms with Crippen LogP contribution in [0.4, 0.5) is 5.82 Å². The van der Waals surface area contributed by atoms with Crippen LogP contribution in [0.3, 0.4) is 0 Å². The van der Waals surface area contributed by atoms with Crippen LogP contribution in [-0.2, 0) is 20.0 Å². The molecule has 7 heteroatoms. The molecule has 1 atom stereocenters. The van der Waals surface area contributed by atoms with E-state index in [9.17, 15) is 0 Å². The van der Waals surface area contributed by atoms with Gasteiger partial charge in [0.25, 0.3) is 0 Å². The lowest BCUT2D eigenvalue weighted by Gasteiger charge is -2.24. The molecule has 0 aromatic carbocycles. The van der Waals surface area contributed by atoms with Crippen LogP contribution in [0.15, 0.2) is 36.8 Å². The number of pyridine rings is 1. The van der Waals surface area contributed by atoms with Gasteiger partial charge in [-0.05, 0) is 31.5 Å². The summed E-state index contributed by atoms with van der Waals surface area (Å²) in [6.07, 6.45) is 8.57. The largest absolute Gasteiger partial charge is 0.360 e. The van der Waals surface area contributed by atoms with Gasteiger partial charge in [-0.1, -0.05) is 19.4 Å². The Morgan fingerprint density at radius 1 is 1.22 bits per heavy atom. The van der Waals surface area contributed by atoms with Crippen molar-refractivity contribution in [3.8, 4) is 11.5 Å². The Balaban J connectivity index is 1.75. The van der Waals surface area contributed by atoms with E-state index >= 15 is 0 Å². The minimum absolute atomic E-state index is 0.112. The summed E-state index contributed by atoms with van der Waals surface area (Å²) in [6.45, 7) is 3.89. The molecule has 1 aliphatic heterocycles. The van der Waals surface area contributed by atoms with Gasteiger partial charge in [0, 0.05) is 37.7 Å². The Morgan fingerprint density at radius 2 is 2.15 bits per heavy atom. The summed E-state index contributed by atoms with van der Waals surface area (Å²) in [5, 5.41) is 7.08. The fourth-order valence-electron chi connectivity index (χ4n) is 3.52. The molecular weight excluding hydrogens is 338 g/mol. The Labute approximate surface area is 159 Å². The highest BCUT2D eigenvalue weighted by Crippen LogP contribution is 2.28. The quantitative estimate of drug-likeness (QED) is 0.701. The molecule has 0 saturated heterocycles. The first-order valence-corrected chi connectivity index (χ1v) is 9.52. The second kappa shape index (κ2) is 7.84. The molecular formula is C20H25N7. The number of hydrogen-bond donors (Lipinski definition) is 2. The first-order chi connectivity index (χ1) is 13.3. The zero-order valence-electron chi connectivity index (χ0n) is 15.8. The van der Waals surface area contributed by atoms with E-state index in [2.05, 4.69) is 32.1 Å². The standard InChI is InChI=1S/C20H25N7/c1-3-6-16(20-23-11-12-27(20)2)24-18-14-8-10-21-13-17(14)25-19(26-18)15-7-4-5-9-22-15/h4-5,7,9,11-12,16,21H,3,6,8,10,13H2,1-2H3,(H,24,25,26)/t16-/m0/s1. The monoisotopic (exact) mass is 363 g/mol. The van der Waals surface area contributed by atoms with Gasteiger partial charge in [-0.2, -0.15) is 0 Å². The van der Waals surface area contributed by atoms with Gasteiger partial charge in [-0.15, -0.1) is 0 Å². The Kier molecular flexibility index (Phi) is 5.11. The molecule has 0 radical (unpaired) electrons. The van der Waals surface area contributed by atoms with Crippen molar-refractivity contribution in [2.24, 2.45) is 7.05 Å². The van der Waals surface area contributed by atoms with Gasteiger partial charge < -0.3 is 15.2 Å². The summed E-state index contributed by atoms with van der Waals surface area (Å²) in [4.78, 5) is 18.6. The van der Waals surface area contributed by atoms with E-state index in [0.717, 1.165) is 55.4 Å². The summed E-state index contributed by atoms with van der Waals surface area (Å²) in [7, 11) is 2.03. The predicted molar refractivity (Wildman–Crippen MR) is 105 cm³/mol. The molecule has 3 aromatic rings. The number of nitrogens with one attached hydrogen (secondary N) is 2. The van der Waals surface area contributed by atoms with Crippen LogP contribution in [0.5, 0.6) is 0 Å². The van der Waals surface area contributed by atoms with E-state index in [-0.39, 0.29) is 6.04 Å². The van der Waals surface area contributed by atoms with Gasteiger partial charge in [0.1, 0.15) is 17.3 Å². The number of fused-ring (bicyclic) bond motifs is 1. The Morgan fingerprint density at radius 3 is 2.89 bits per heavy atom. The highest BCUT2D eigenvalue weighted by molar-refractivity contribution is 5.57. The van der Waals surface area contributed by atoms with Crippen LogP contribution < -0.4 is 10.6 Å². The van der Waals surface area contributed by atoms with Crippen LogP contribution in [0.2, 0.25) is 0 Å². The molecule has 7 nitrogen and oxygen atoms in total. The van der Waals surface area contributed by atoms with E-state index in [1.165, 1.54) is 5.56 Å². The molecule has 0 saturated carbocycles. The van der Waals surface area contributed by atoms with Crippen molar-refractivity contribution in [3.63, 3.8) is 0 Å². The lowest BCUT2D eigenvalue weighted by atomic mass is 10.1. The molecule has 4 rings (SSSR count). The highest BCUT2D eigenvalue weighted by atomic mass is 15.1. The molecule has 0 fully saturated rings. The maximum absolute atomic E-state index is 4.87. The zero-order chi connectivity index (χ0) is 18.6. The van der Waals surface area contributed by atoms with Crippen molar-refractivity contribution >= 4 is 5.82 Å². The van der Waals surface area contributed by atoms with Gasteiger partial charge >= 0.3 is 0 Å². The molecule has 0 unspecified atom stereocenters. The molecule has 1 aliphatic rings. The number of aryl methyl sites for hydroxylation is 1. The fraction of sp³-hybridized carbons (Fsp3) is 0.400.